The molecule has 0 spiro atoms. The number of anilines is 1. The molecule has 0 unspecified atom stereocenters. The van der Waals surface area contributed by atoms with Gasteiger partial charge in [-0.25, -0.2) is 0 Å². The van der Waals surface area contributed by atoms with Gasteiger partial charge in [0.25, 0.3) is 0 Å². The first-order valence-electron chi connectivity index (χ1n) is 9.25. The molecule has 6 nitrogen and oxygen atoms in total. The molecule has 0 aliphatic heterocycles. The molecule has 0 amide bonds. The van der Waals surface area contributed by atoms with Crippen LogP contribution < -0.4 is 5.32 Å². The molecule has 1 aliphatic carbocycles. The van der Waals surface area contributed by atoms with Crippen molar-refractivity contribution in [2.24, 2.45) is 0 Å². The van der Waals surface area contributed by atoms with E-state index in [0.717, 1.165) is 47.4 Å². The summed E-state index contributed by atoms with van der Waals surface area (Å²) in [4.78, 5) is 4.58. The molecular formula is C21H20N6. The molecule has 1 aliphatic rings. The van der Waals surface area contributed by atoms with E-state index in [1.165, 1.54) is 12.1 Å². The number of fused-ring (bicyclic) bond motifs is 1. The molecule has 2 N–H and O–H groups in total. The SMILES string of the molecule is c1ccc(C2(CNc3ccc(-c4ccc5cn[nH]c5c4)nn3)CCC2)nc1. The molecule has 0 bridgehead atoms. The van der Waals surface area contributed by atoms with Crippen LogP contribution in [0.2, 0.25) is 0 Å². The van der Waals surface area contributed by atoms with Crippen LogP contribution in [-0.2, 0) is 5.41 Å². The number of hydrogen-bond donors (Lipinski definition) is 2. The number of nitrogens with one attached hydrogen (secondary N) is 2. The molecule has 1 aromatic carbocycles. The van der Waals surface area contributed by atoms with Gasteiger partial charge in [0.05, 0.1) is 17.4 Å². The smallest absolute Gasteiger partial charge is 0.148 e. The maximum atomic E-state index is 4.58. The Hall–Kier alpha value is -3.28. The Morgan fingerprint density at radius 1 is 1.04 bits per heavy atom. The number of nitrogens with zero attached hydrogens (tertiary/aromatic N) is 4. The summed E-state index contributed by atoms with van der Waals surface area (Å²) in [6.45, 7) is 0.831. The van der Waals surface area contributed by atoms with Gasteiger partial charge in [0, 0.05) is 34.8 Å². The summed E-state index contributed by atoms with van der Waals surface area (Å²) in [5.74, 6) is 0.795. The molecule has 1 saturated carbocycles. The van der Waals surface area contributed by atoms with Gasteiger partial charge in [0.2, 0.25) is 0 Å². The van der Waals surface area contributed by atoms with Crippen LogP contribution in [-0.4, -0.2) is 31.9 Å². The topological polar surface area (TPSA) is 79.4 Å². The summed E-state index contributed by atoms with van der Waals surface area (Å²) in [6, 6.07) is 16.3. The van der Waals surface area contributed by atoms with E-state index in [-0.39, 0.29) is 5.41 Å². The number of H-pyrrole nitrogens is 1. The lowest BCUT2D eigenvalue weighted by Crippen LogP contribution is -2.41. The third kappa shape index (κ3) is 2.93. The molecule has 1 fully saturated rings. The standard InChI is InChI=1S/C21H20N6/c1-2-11-22-19(4-1)21(9-3-10-21)14-23-20-8-7-17(26-27-20)15-5-6-16-13-24-25-18(16)12-15/h1-2,4-8,11-13H,3,9-10,14H2,(H,23,27)(H,24,25). The van der Waals surface area contributed by atoms with Gasteiger partial charge in [-0.1, -0.05) is 24.6 Å². The first-order chi connectivity index (χ1) is 13.3. The maximum Gasteiger partial charge on any atom is 0.148 e. The summed E-state index contributed by atoms with van der Waals surface area (Å²) < 4.78 is 0. The third-order valence-corrected chi connectivity index (χ3v) is 5.53. The fourth-order valence-electron chi connectivity index (χ4n) is 3.74. The van der Waals surface area contributed by atoms with Crippen LogP contribution in [0.5, 0.6) is 0 Å². The number of aromatic amines is 1. The molecule has 134 valence electrons. The van der Waals surface area contributed by atoms with Gasteiger partial charge in [0.1, 0.15) is 5.82 Å². The first-order valence-corrected chi connectivity index (χ1v) is 9.25. The van der Waals surface area contributed by atoms with Crippen molar-refractivity contribution in [1.82, 2.24) is 25.4 Å². The maximum absolute atomic E-state index is 4.58. The molecule has 3 heterocycles. The predicted octanol–water partition coefficient (Wildman–Crippen LogP) is 3.95. The number of benzene rings is 1. The number of aromatic nitrogens is 5. The lowest BCUT2D eigenvalue weighted by atomic mass is 9.66. The van der Waals surface area contributed by atoms with Gasteiger partial charge in [-0.2, -0.15) is 5.10 Å². The van der Waals surface area contributed by atoms with Crippen molar-refractivity contribution in [2.75, 3.05) is 11.9 Å². The minimum Gasteiger partial charge on any atom is -0.368 e. The second-order valence-corrected chi connectivity index (χ2v) is 7.18. The summed E-state index contributed by atoms with van der Waals surface area (Å²) >= 11 is 0. The van der Waals surface area contributed by atoms with Crippen molar-refractivity contribution < 1.29 is 0 Å². The molecule has 0 atom stereocenters. The zero-order chi connectivity index (χ0) is 18.1. The zero-order valence-corrected chi connectivity index (χ0v) is 14.9. The molecular weight excluding hydrogens is 336 g/mol. The molecule has 6 heteroatoms. The molecule has 0 radical (unpaired) electrons. The van der Waals surface area contributed by atoms with Crippen LogP contribution in [0.1, 0.15) is 25.0 Å². The Kier molecular flexibility index (Phi) is 3.81. The summed E-state index contributed by atoms with van der Waals surface area (Å²) in [5, 5.41) is 20.4. The fourth-order valence-corrected chi connectivity index (χ4v) is 3.74. The second-order valence-electron chi connectivity index (χ2n) is 7.18. The van der Waals surface area contributed by atoms with Crippen molar-refractivity contribution in [2.45, 2.75) is 24.7 Å². The normalized spacial score (nSPS) is 15.4. The van der Waals surface area contributed by atoms with E-state index in [1.807, 2.05) is 48.8 Å². The number of rotatable bonds is 5. The second kappa shape index (κ2) is 6.46. The Balaban J connectivity index is 1.32. The summed E-state index contributed by atoms with van der Waals surface area (Å²) in [7, 11) is 0. The highest BCUT2D eigenvalue weighted by Gasteiger charge is 2.39. The van der Waals surface area contributed by atoms with Crippen LogP contribution in [0.15, 0.2) is 60.9 Å². The summed E-state index contributed by atoms with van der Waals surface area (Å²) in [5.41, 5.74) is 4.16. The largest absolute Gasteiger partial charge is 0.368 e. The number of pyridine rings is 1. The Labute approximate surface area is 157 Å². The van der Waals surface area contributed by atoms with E-state index in [9.17, 15) is 0 Å². The first kappa shape index (κ1) is 15.9. The van der Waals surface area contributed by atoms with E-state index in [4.69, 9.17) is 0 Å². The lowest BCUT2D eigenvalue weighted by Gasteiger charge is -2.41. The van der Waals surface area contributed by atoms with Gasteiger partial charge in [-0.05, 0) is 43.2 Å². The molecule has 0 saturated heterocycles. The van der Waals surface area contributed by atoms with Gasteiger partial charge >= 0.3 is 0 Å². The lowest BCUT2D eigenvalue weighted by molar-refractivity contribution is 0.253. The van der Waals surface area contributed by atoms with E-state index < -0.39 is 0 Å². The Morgan fingerprint density at radius 3 is 2.74 bits per heavy atom. The van der Waals surface area contributed by atoms with Crippen molar-refractivity contribution in [1.29, 1.82) is 0 Å². The predicted molar refractivity (Wildman–Crippen MR) is 105 cm³/mol. The molecule has 27 heavy (non-hydrogen) atoms. The third-order valence-electron chi connectivity index (χ3n) is 5.53. The average Bonchev–Trinajstić information content (AvgIpc) is 3.16. The van der Waals surface area contributed by atoms with Crippen molar-refractivity contribution in [3.8, 4) is 11.3 Å². The van der Waals surface area contributed by atoms with Gasteiger partial charge in [-0.15, -0.1) is 10.2 Å². The highest BCUT2D eigenvalue weighted by Crippen LogP contribution is 2.42. The highest BCUT2D eigenvalue weighted by molar-refractivity contribution is 5.83. The minimum absolute atomic E-state index is 0.118. The van der Waals surface area contributed by atoms with Gasteiger partial charge < -0.3 is 5.32 Å². The van der Waals surface area contributed by atoms with Crippen LogP contribution in [0.4, 0.5) is 5.82 Å². The van der Waals surface area contributed by atoms with Crippen LogP contribution >= 0.6 is 0 Å². The Morgan fingerprint density at radius 2 is 2.00 bits per heavy atom. The van der Waals surface area contributed by atoms with E-state index in [1.54, 1.807) is 0 Å². The van der Waals surface area contributed by atoms with Crippen molar-refractivity contribution in [3.63, 3.8) is 0 Å². The van der Waals surface area contributed by atoms with Crippen LogP contribution in [0.25, 0.3) is 22.2 Å². The van der Waals surface area contributed by atoms with Crippen LogP contribution in [0, 0.1) is 0 Å². The Bertz CT molecular complexity index is 1050. The summed E-state index contributed by atoms with van der Waals surface area (Å²) in [6.07, 6.45) is 7.26. The monoisotopic (exact) mass is 356 g/mol. The quantitative estimate of drug-likeness (QED) is 0.566. The minimum atomic E-state index is 0.118. The molecule has 5 rings (SSSR count). The van der Waals surface area contributed by atoms with E-state index in [0.29, 0.717) is 0 Å². The van der Waals surface area contributed by atoms with Gasteiger partial charge in [-0.3, -0.25) is 10.1 Å². The van der Waals surface area contributed by atoms with E-state index >= 15 is 0 Å². The number of hydrogen-bond acceptors (Lipinski definition) is 5. The van der Waals surface area contributed by atoms with Crippen LogP contribution in [0.3, 0.4) is 0 Å². The highest BCUT2D eigenvalue weighted by atomic mass is 15.2. The fraction of sp³-hybridized carbons (Fsp3) is 0.238. The van der Waals surface area contributed by atoms with Crippen molar-refractivity contribution in [3.05, 3.63) is 66.6 Å². The van der Waals surface area contributed by atoms with Gasteiger partial charge in [0.15, 0.2) is 0 Å². The molecule has 4 aromatic rings. The average molecular weight is 356 g/mol. The zero-order valence-electron chi connectivity index (χ0n) is 14.9. The van der Waals surface area contributed by atoms with Crippen molar-refractivity contribution >= 4 is 16.7 Å². The van der Waals surface area contributed by atoms with E-state index in [2.05, 4.69) is 42.8 Å². The molecule has 3 aromatic heterocycles.